The molecule has 64 valence electrons. The van der Waals surface area contributed by atoms with Gasteiger partial charge < -0.3 is 5.11 Å². The Hall–Kier alpha value is -1.90. The number of rotatable bonds is 1. The molecule has 0 aliphatic heterocycles. The number of fused-ring (bicyclic) bond motifs is 1. The first-order valence-electron chi connectivity index (χ1n) is 3.83. The van der Waals surface area contributed by atoms with Crippen LogP contribution in [0.3, 0.4) is 0 Å². The molecule has 1 N–H and O–H groups in total. The van der Waals surface area contributed by atoms with Gasteiger partial charge >= 0.3 is 0 Å². The number of pyridine rings is 1. The zero-order chi connectivity index (χ0) is 9.26. The third-order valence-corrected chi connectivity index (χ3v) is 1.85. The maximum absolute atomic E-state index is 10.4. The van der Waals surface area contributed by atoms with E-state index in [1.165, 1.54) is 0 Å². The number of aromatic hydroxyl groups is 1. The lowest BCUT2D eigenvalue weighted by Gasteiger charge is -1.98. The number of carbonyl (C=O) groups excluding carboxylic acids is 1. The van der Waals surface area contributed by atoms with E-state index in [0.29, 0.717) is 12.0 Å². The van der Waals surface area contributed by atoms with Crippen LogP contribution in [-0.4, -0.2) is 16.4 Å². The fourth-order valence-electron chi connectivity index (χ4n) is 1.21. The molecule has 0 aliphatic rings. The van der Waals surface area contributed by atoms with Crippen molar-refractivity contribution < 1.29 is 9.90 Å². The van der Waals surface area contributed by atoms with Crippen LogP contribution < -0.4 is 0 Å². The van der Waals surface area contributed by atoms with Crippen molar-refractivity contribution in [3.63, 3.8) is 0 Å². The Morgan fingerprint density at radius 3 is 2.85 bits per heavy atom. The Morgan fingerprint density at radius 2 is 2.08 bits per heavy atom. The number of aldehydes is 1. The molecule has 1 aromatic carbocycles. The number of nitrogens with zero attached hydrogens (tertiary/aromatic N) is 1. The number of aromatic nitrogens is 1. The molecule has 1 heterocycles. The Labute approximate surface area is 74.7 Å². The maximum Gasteiger partial charge on any atom is 0.168 e. The standard InChI is InChI=1S/C10H7NO2/c12-6-9-3-7-1-2-10(13)4-8(7)5-11-9/h1-6,13H. The molecule has 0 saturated heterocycles. The van der Waals surface area contributed by atoms with Crippen LogP contribution in [-0.2, 0) is 0 Å². The molecule has 0 radical (unpaired) electrons. The smallest absolute Gasteiger partial charge is 0.168 e. The van der Waals surface area contributed by atoms with Crippen LogP contribution in [0.2, 0.25) is 0 Å². The van der Waals surface area contributed by atoms with Gasteiger partial charge in [-0.1, -0.05) is 6.07 Å². The molecule has 1 aromatic heterocycles. The van der Waals surface area contributed by atoms with Crippen molar-refractivity contribution >= 4 is 17.1 Å². The number of hydrogen-bond donors (Lipinski definition) is 1. The van der Waals surface area contributed by atoms with E-state index in [0.717, 1.165) is 10.8 Å². The van der Waals surface area contributed by atoms with Gasteiger partial charge in [-0.2, -0.15) is 0 Å². The number of phenols is 1. The second-order valence-corrected chi connectivity index (χ2v) is 2.76. The molecule has 3 nitrogen and oxygen atoms in total. The van der Waals surface area contributed by atoms with E-state index in [4.69, 9.17) is 5.11 Å². The fourth-order valence-corrected chi connectivity index (χ4v) is 1.21. The summed E-state index contributed by atoms with van der Waals surface area (Å²) in [6.45, 7) is 0. The van der Waals surface area contributed by atoms with Gasteiger partial charge in [0.05, 0.1) is 0 Å². The van der Waals surface area contributed by atoms with Crippen molar-refractivity contribution in [3.8, 4) is 5.75 Å². The van der Waals surface area contributed by atoms with Crippen LogP contribution >= 0.6 is 0 Å². The van der Waals surface area contributed by atoms with Gasteiger partial charge in [0.1, 0.15) is 11.4 Å². The monoisotopic (exact) mass is 173 g/mol. The molecule has 0 unspecified atom stereocenters. The fraction of sp³-hybridized carbons (Fsp3) is 0. The summed E-state index contributed by atoms with van der Waals surface area (Å²) in [6, 6.07) is 6.62. The molecule has 0 aliphatic carbocycles. The summed E-state index contributed by atoms with van der Waals surface area (Å²) in [5.74, 6) is 0.202. The van der Waals surface area contributed by atoms with E-state index >= 15 is 0 Å². The minimum absolute atomic E-state index is 0.202. The molecule has 13 heavy (non-hydrogen) atoms. The summed E-state index contributed by atoms with van der Waals surface area (Å²) in [7, 11) is 0. The van der Waals surface area contributed by atoms with Crippen LogP contribution in [0.1, 0.15) is 10.5 Å². The maximum atomic E-state index is 10.4. The van der Waals surface area contributed by atoms with Gasteiger partial charge in [0.25, 0.3) is 0 Å². The van der Waals surface area contributed by atoms with Gasteiger partial charge in [-0.05, 0) is 23.6 Å². The average molecular weight is 173 g/mol. The van der Waals surface area contributed by atoms with Gasteiger partial charge in [-0.15, -0.1) is 0 Å². The molecular formula is C10H7NO2. The summed E-state index contributed by atoms with van der Waals surface area (Å²) in [6.07, 6.45) is 2.27. The Kier molecular flexibility index (Phi) is 1.70. The predicted molar refractivity (Wildman–Crippen MR) is 48.8 cm³/mol. The molecule has 0 saturated carbocycles. The lowest BCUT2D eigenvalue weighted by atomic mass is 10.1. The first-order valence-corrected chi connectivity index (χ1v) is 3.83. The van der Waals surface area contributed by atoms with Crippen molar-refractivity contribution in [1.29, 1.82) is 0 Å². The van der Waals surface area contributed by atoms with Crippen LogP contribution in [0.25, 0.3) is 10.8 Å². The van der Waals surface area contributed by atoms with Crippen LogP contribution in [0.4, 0.5) is 0 Å². The van der Waals surface area contributed by atoms with Gasteiger partial charge in [-0.3, -0.25) is 9.78 Å². The summed E-state index contributed by atoms with van der Waals surface area (Å²) >= 11 is 0. The SMILES string of the molecule is O=Cc1cc2ccc(O)cc2cn1. The zero-order valence-corrected chi connectivity index (χ0v) is 6.77. The zero-order valence-electron chi connectivity index (χ0n) is 6.77. The summed E-state index contributed by atoms with van der Waals surface area (Å²) in [5, 5.41) is 10.9. The third-order valence-electron chi connectivity index (χ3n) is 1.85. The quantitative estimate of drug-likeness (QED) is 0.668. The Bertz CT molecular complexity index is 465. The van der Waals surface area contributed by atoms with Gasteiger partial charge in [-0.25, -0.2) is 0 Å². The molecule has 3 heteroatoms. The normalized spacial score (nSPS) is 10.2. The number of carbonyl (C=O) groups is 1. The largest absolute Gasteiger partial charge is 0.508 e. The summed E-state index contributed by atoms with van der Waals surface area (Å²) in [5.41, 5.74) is 0.401. The highest BCUT2D eigenvalue weighted by atomic mass is 16.3. The van der Waals surface area contributed by atoms with Crippen molar-refractivity contribution in [2.24, 2.45) is 0 Å². The summed E-state index contributed by atoms with van der Waals surface area (Å²) < 4.78 is 0. The Balaban J connectivity index is 2.73. The Morgan fingerprint density at radius 1 is 1.23 bits per heavy atom. The van der Waals surface area contributed by atoms with Crippen LogP contribution in [0, 0.1) is 0 Å². The number of phenolic OH excluding ortho intramolecular Hbond substituents is 1. The highest BCUT2D eigenvalue weighted by Gasteiger charge is 1.97. The molecule has 2 aromatic rings. The topological polar surface area (TPSA) is 50.2 Å². The third kappa shape index (κ3) is 1.36. The second kappa shape index (κ2) is 2.86. The van der Waals surface area contributed by atoms with Gasteiger partial charge in [0.15, 0.2) is 6.29 Å². The van der Waals surface area contributed by atoms with Crippen LogP contribution in [0.5, 0.6) is 5.75 Å². The van der Waals surface area contributed by atoms with Crippen molar-refractivity contribution in [2.45, 2.75) is 0 Å². The highest BCUT2D eigenvalue weighted by Crippen LogP contribution is 2.18. The van der Waals surface area contributed by atoms with Crippen molar-refractivity contribution in [2.75, 3.05) is 0 Å². The first-order chi connectivity index (χ1) is 6.29. The minimum Gasteiger partial charge on any atom is -0.508 e. The molecule has 0 amide bonds. The van der Waals surface area contributed by atoms with E-state index in [-0.39, 0.29) is 5.75 Å². The number of hydrogen-bond acceptors (Lipinski definition) is 3. The van der Waals surface area contributed by atoms with E-state index in [2.05, 4.69) is 4.98 Å². The second-order valence-electron chi connectivity index (χ2n) is 2.76. The van der Waals surface area contributed by atoms with Crippen molar-refractivity contribution in [3.05, 3.63) is 36.2 Å². The van der Waals surface area contributed by atoms with E-state index in [1.807, 2.05) is 0 Å². The minimum atomic E-state index is 0.202. The van der Waals surface area contributed by atoms with E-state index in [9.17, 15) is 4.79 Å². The van der Waals surface area contributed by atoms with Gasteiger partial charge in [0, 0.05) is 11.6 Å². The van der Waals surface area contributed by atoms with Crippen molar-refractivity contribution in [1.82, 2.24) is 4.98 Å². The molecule has 2 rings (SSSR count). The highest BCUT2D eigenvalue weighted by molar-refractivity contribution is 5.87. The van der Waals surface area contributed by atoms with Crippen LogP contribution in [0.15, 0.2) is 30.5 Å². The lowest BCUT2D eigenvalue weighted by Crippen LogP contribution is -1.85. The van der Waals surface area contributed by atoms with E-state index in [1.54, 1.807) is 30.5 Å². The molecule has 0 spiro atoms. The molecule has 0 atom stereocenters. The molecule has 0 fully saturated rings. The predicted octanol–water partition coefficient (Wildman–Crippen LogP) is 1.75. The summed E-state index contributed by atoms with van der Waals surface area (Å²) in [4.78, 5) is 14.3. The first kappa shape index (κ1) is 7.73. The van der Waals surface area contributed by atoms with Gasteiger partial charge in [0.2, 0.25) is 0 Å². The lowest BCUT2D eigenvalue weighted by molar-refractivity contribution is 0.111. The average Bonchev–Trinajstić information content (AvgIpc) is 2.17. The molecular weight excluding hydrogens is 166 g/mol. The van der Waals surface area contributed by atoms with E-state index < -0.39 is 0 Å². The number of benzene rings is 1. The molecule has 0 bridgehead atoms.